The molecule has 1 aliphatic heterocycles. The van der Waals surface area contributed by atoms with Crippen molar-refractivity contribution in [2.24, 2.45) is 12.0 Å². The highest BCUT2D eigenvalue weighted by Gasteiger charge is 2.22. The van der Waals surface area contributed by atoms with Gasteiger partial charge >= 0.3 is 0 Å². The molecule has 7 nitrogen and oxygen atoms in total. The molecule has 2 unspecified atom stereocenters. The van der Waals surface area contributed by atoms with Crippen LogP contribution < -0.4 is 15.5 Å². The Morgan fingerprint density at radius 1 is 1.43 bits per heavy atom. The van der Waals surface area contributed by atoms with Crippen LogP contribution in [-0.4, -0.2) is 53.1 Å². The second kappa shape index (κ2) is 9.54. The van der Waals surface area contributed by atoms with Gasteiger partial charge in [-0.3, -0.25) is 9.67 Å². The van der Waals surface area contributed by atoms with Crippen LogP contribution in [0.2, 0.25) is 0 Å². The fourth-order valence-corrected chi connectivity index (χ4v) is 3.44. The Labute approximate surface area is 165 Å². The van der Waals surface area contributed by atoms with E-state index in [1.807, 2.05) is 31.0 Å². The van der Waals surface area contributed by atoms with Crippen LogP contribution in [0.25, 0.3) is 0 Å². The lowest BCUT2D eigenvalue weighted by molar-refractivity contribution is 0.182. The number of aromatic nitrogens is 2. The Balaban J connectivity index is 1.61. The van der Waals surface area contributed by atoms with Crippen LogP contribution in [0.15, 0.2) is 41.7 Å². The largest absolute Gasteiger partial charge is 0.386 e. The molecular weight excluding hydrogens is 359 g/mol. The van der Waals surface area contributed by atoms with Crippen LogP contribution in [0.4, 0.5) is 10.1 Å². The summed E-state index contributed by atoms with van der Waals surface area (Å²) in [6, 6.07) is 6.49. The van der Waals surface area contributed by atoms with E-state index in [4.69, 9.17) is 0 Å². The molecule has 1 aliphatic rings. The van der Waals surface area contributed by atoms with E-state index < -0.39 is 11.9 Å². The summed E-state index contributed by atoms with van der Waals surface area (Å²) in [6.07, 6.45) is 5.04. The Kier molecular flexibility index (Phi) is 6.86. The van der Waals surface area contributed by atoms with E-state index >= 15 is 0 Å². The lowest BCUT2D eigenvalue weighted by Gasteiger charge is -2.34. The summed E-state index contributed by atoms with van der Waals surface area (Å²) in [5.74, 6) is 0.221. The summed E-state index contributed by atoms with van der Waals surface area (Å²) >= 11 is 0. The summed E-state index contributed by atoms with van der Waals surface area (Å²) in [6.45, 7) is 4.65. The maximum Gasteiger partial charge on any atom is 0.191 e. The summed E-state index contributed by atoms with van der Waals surface area (Å²) in [7, 11) is 1.92. The first-order valence-electron chi connectivity index (χ1n) is 9.77. The molecule has 2 atom stereocenters. The van der Waals surface area contributed by atoms with Crippen molar-refractivity contribution < 1.29 is 9.50 Å². The number of aliphatic hydroxyl groups excluding tert-OH is 1. The second-order valence-electron chi connectivity index (χ2n) is 7.06. The zero-order valence-corrected chi connectivity index (χ0v) is 16.5. The molecule has 0 spiro atoms. The first kappa shape index (κ1) is 20.1. The van der Waals surface area contributed by atoms with Gasteiger partial charge in [0.1, 0.15) is 11.9 Å². The molecule has 0 amide bonds. The minimum atomic E-state index is -0.977. The van der Waals surface area contributed by atoms with E-state index in [0.717, 1.165) is 31.6 Å². The number of anilines is 1. The average molecular weight is 388 g/mol. The van der Waals surface area contributed by atoms with Crippen LogP contribution in [0.5, 0.6) is 0 Å². The number of aliphatic imine (C=N–C) groups is 1. The van der Waals surface area contributed by atoms with Crippen molar-refractivity contribution in [3.05, 3.63) is 48.0 Å². The maximum atomic E-state index is 13.8. The SMILES string of the molecule is CCNC(=NCC(O)c1ccccc1F)NC1CCCN(c2cnn(C)c2)C1. The van der Waals surface area contributed by atoms with Gasteiger partial charge in [0.2, 0.25) is 0 Å². The third kappa shape index (κ3) is 5.22. The molecule has 2 aromatic rings. The van der Waals surface area contributed by atoms with Gasteiger partial charge in [0.05, 0.1) is 18.4 Å². The number of guanidine groups is 1. The molecule has 2 heterocycles. The van der Waals surface area contributed by atoms with Gasteiger partial charge in [-0.15, -0.1) is 0 Å². The summed E-state index contributed by atoms with van der Waals surface area (Å²) in [4.78, 5) is 6.78. The van der Waals surface area contributed by atoms with Crippen LogP contribution in [0.3, 0.4) is 0 Å². The predicted octanol–water partition coefficient (Wildman–Crippen LogP) is 1.82. The maximum absolute atomic E-state index is 13.8. The number of aliphatic hydroxyl groups is 1. The van der Waals surface area contributed by atoms with Crippen molar-refractivity contribution >= 4 is 11.6 Å². The molecule has 1 fully saturated rings. The number of halogens is 1. The Hall–Kier alpha value is -2.61. The van der Waals surface area contributed by atoms with E-state index in [9.17, 15) is 9.50 Å². The number of hydrogen-bond acceptors (Lipinski definition) is 4. The number of piperidine rings is 1. The molecule has 0 bridgehead atoms. The van der Waals surface area contributed by atoms with Crippen molar-refractivity contribution in [3.63, 3.8) is 0 Å². The topological polar surface area (TPSA) is 77.7 Å². The molecule has 8 heteroatoms. The van der Waals surface area contributed by atoms with Gasteiger partial charge in [-0.2, -0.15) is 5.10 Å². The molecule has 28 heavy (non-hydrogen) atoms. The van der Waals surface area contributed by atoms with Gasteiger partial charge in [-0.05, 0) is 25.8 Å². The molecule has 152 valence electrons. The normalized spacial score (nSPS) is 18.8. The van der Waals surface area contributed by atoms with Crippen molar-refractivity contribution in [2.45, 2.75) is 31.9 Å². The number of rotatable bonds is 6. The third-order valence-corrected chi connectivity index (χ3v) is 4.85. The number of benzene rings is 1. The number of hydrogen-bond donors (Lipinski definition) is 3. The molecule has 3 N–H and O–H groups in total. The molecule has 1 aromatic carbocycles. The lowest BCUT2D eigenvalue weighted by atomic mass is 10.1. The average Bonchev–Trinajstić information content (AvgIpc) is 3.13. The zero-order valence-electron chi connectivity index (χ0n) is 16.5. The lowest BCUT2D eigenvalue weighted by Crippen LogP contribution is -2.51. The second-order valence-corrected chi connectivity index (χ2v) is 7.06. The van der Waals surface area contributed by atoms with Gasteiger partial charge in [0.15, 0.2) is 5.96 Å². The van der Waals surface area contributed by atoms with Gasteiger partial charge in [0.25, 0.3) is 0 Å². The molecule has 1 saturated heterocycles. The van der Waals surface area contributed by atoms with Crippen molar-refractivity contribution in [1.82, 2.24) is 20.4 Å². The van der Waals surface area contributed by atoms with E-state index in [1.54, 1.807) is 18.2 Å². The Morgan fingerprint density at radius 3 is 2.96 bits per heavy atom. The fraction of sp³-hybridized carbons (Fsp3) is 0.500. The molecule has 1 aromatic heterocycles. The predicted molar refractivity (Wildman–Crippen MR) is 109 cm³/mol. The number of nitrogens with one attached hydrogen (secondary N) is 2. The highest BCUT2D eigenvalue weighted by molar-refractivity contribution is 5.80. The number of nitrogens with zero attached hydrogens (tertiary/aromatic N) is 4. The fourth-order valence-electron chi connectivity index (χ4n) is 3.44. The quantitative estimate of drug-likeness (QED) is 0.520. The first-order chi connectivity index (χ1) is 13.6. The van der Waals surface area contributed by atoms with E-state index in [1.165, 1.54) is 6.07 Å². The van der Waals surface area contributed by atoms with Crippen molar-refractivity contribution in [1.29, 1.82) is 0 Å². The van der Waals surface area contributed by atoms with Gasteiger partial charge in [0, 0.05) is 44.5 Å². The zero-order chi connectivity index (χ0) is 19.9. The van der Waals surface area contributed by atoms with Crippen molar-refractivity contribution in [2.75, 3.05) is 31.1 Å². The third-order valence-electron chi connectivity index (χ3n) is 4.85. The number of aryl methyl sites for hydroxylation is 1. The van der Waals surface area contributed by atoms with Gasteiger partial charge in [-0.25, -0.2) is 4.39 Å². The van der Waals surface area contributed by atoms with E-state index in [-0.39, 0.29) is 18.2 Å². The van der Waals surface area contributed by atoms with Crippen molar-refractivity contribution in [3.8, 4) is 0 Å². The highest BCUT2D eigenvalue weighted by atomic mass is 19.1. The molecule has 0 saturated carbocycles. The molecule has 0 radical (unpaired) electrons. The Bertz CT molecular complexity index is 793. The van der Waals surface area contributed by atoms with E-state index in [0.29, 0.717) is 12.5 Å². The summed E-state index contributed by atoms with van der Waals surface area (Å²) in [5, 5.41) is 21.2. The standard InChI is InChI=1S/C20H29FN6O/c1-3-22-20(23-12-19(28)17-8-4-5-9-18(17)21)25-15-7-6-10-27(13-15)16-11-24-26(2)14-16/h4-5,8-9,11,14-15,19,28H,3,6-7,10,12-13H2,1-2H3,(H2,22,23,25). The van der Waals surface area contributed by atoms with Crippen LogP contribution >= 0.6 is 0 Å². The van der Waals surface area contributed by atoms with Crippen LogP contribution in [0.1, 0.15) is 31.4 Å². The highest BCUT2D eigenvalue weighted by Crippen LogP contribution is 2.19. The van der Waals surface area contributed by atoms with Crippen LogP contribution in [0, 0.1) is 5.82 Å². The minimum Gasteiger partial charge on any atom is -0.386 e. The van der Waals surface area contributed by atoms with Gasteiger partial charge < -0.3 is 20.6 Å². The van der Waals surface area contributed by atoms with E-state index in [2.05, 4.69) is 25.6 Å². The Morgan fingerprint density at radius 2 is 2.25 bits per heavy atom. The smallest absolute Gasteiger partial charge is 0.191 e. The summed E-state index contributed by atoms with van der Waals surface area (Å²) in [5.41, 5.74) is 1.38. The first-order valence-corrected chi connectivity index (χ1v) is 9.77. The monoisotopic (exact) mass is 388 g/mol. The van der Waals surface area contributed by atoms with Gasteiger partial charge in [-0.1, -0.05) is 18.2 Å². The minimum absolute atomic E-state index is 0.0926. The van der Waals surface area contributed by atoms with Crippen LogP contribution in [-0.2, 0) is 7.05 Å². The molecule has 0 aliphatic carbocycles. The molecule has 3 rings (SSSR count). The molecular formula is C20H29FN6O. The summed E-state index contributed by atoms with van der Waals surface area (Å²) < 4.78 is 15.6.